The van der Waals surface area contributed by atoms with Crippen molar-refractivity contribution in [3.8, 4) is 0 Å². The Morgan fingerprint density at radius 3 is 2.29 bits per heavy atom. The zero-order chi connectivity index (χ0) is 12.6. The van der Waals surface area contributed by atoms with Crippen molar-refractivity contribution in [2.75, 3.05) is 4.90 Å². The number of carbonyl (C=O) groups is 3. The summed E-state index contributed by atoms with van der Waals surface area (Å²) in [7, 11) is 0. The van der Waals surface area contributed by atoms with Gasteiger partial charge in [0.15, 0.2) is 0 Å². The second-order valence-electron chi connectivity index (χ2n) is 3.62. The zero-order valence-corrected chi connectivity index (χ0v) is 9.01. The Kier molecular flexibility index (Phi) is 2.51. The van der Waals surface area contributed by atoms with Gasteiger partial charge in [-0.3, -0.25) is 9.59 Å². The summed E-state index contributed by atoms with van der Waals surface area (Å²) in [6.07, 6.45) is 2.25. The largest absolute Gasteiger partial charge is 0.478 e. The van der Waals surface area contributed by atoms with Gasteiger partial charge in [0.05, 0.1) is 11.3 Å². The van der Waals surface area contributed by atoms with E-state index in [0.717, 1.165) is 17.1 Å². The molecule has 0 atom stereocenters. The molecule has 2 rings (SSSR count). The molecule has 0 fully saturated rings. The highest BCUT2D eigenvalue weighted by atomic mass is 16.4. The van der Waals surface area contributed by atoms with E-state index >= 15 is 0 Å². The van der Waals surface area contributed by atoms with E-state index in [1.54, 1.807) is 19.1 Å². The van der Waals surface area contributed by atoms with Crippen LogP contribution in [0.25, 0.3) is 0 Å². The summed E-state index contributed by atoms with van der Waals surface area (Å²) in [4.78, 5) is 35.0. The number of aryl methyl sites for hydroxylation is 1. The molecule has 0 aliphatic carbocycles. The predicted octanol–water partition coefficient (Wildman–Crippen LogP) is 1.12. The number of hydrogen-bond acceptors (Lipinski definition) is 3. The second kappa shape index (κ2) is 3.86. The van der Waals surface area contributed by atoms with Gasteiger partial charge >= 0.3 is 5.97 Å². The van der Waals surface area contributed by atoms with E-state index in [2.05, 4.69) is 0 Å². The first-order valence-corrected chi connectivity index (χ1v) is 4.91. The Labute approximate surface area is 97.0 Å². The van der Waals surface area contributed by atoms with Crippen molar-refractivity contribution < 1.29 is 19.5 Å². The van der Waals surface area contributed by atoms with Crippen molar-refractivity contribution in [1.82, 2.24) is 0 Å². The van der Waals surface area contributed by atoms with Crippen molar-refractivity contribution in [3.05, 3.63) is 41.5 Å². The van der Waals surface area contributed by atoms with Gasteiger partial charge in [-0.25, -0.2) is 9.69 Å². The average Bonchev–Trinajstić information content (AvgIpc) is 2.59. The van der Waals surface area contributed by atoms with Gasteiger partial charge in [-0.2, -0.15) is 0 Å². The van der Waals surface area contributed by atoms with Crippen molar-refractivity contribution in [2.45, 2.75) is 6.92 Å². The van der Waals surface area contributed by atoms with Crippen LogP contribution in [-0.2, 0) is 9.59 Å². The minimum absolute atomic E-state index is 0.0598. The first kappa shape index (κ1) is 11.1. The maximum absolute atomic E-state index is 11.5. The maximum atomic E-state index is 11.5. The summed E-state index contributed by atoms with van der Waals surface area (Å²) >= 11 is 0. The van der Waals surface area contributed by atoms with Gasteiger partial charge in [0.2, 0.25) is 0 Å². The highest BCUT2D eigenvalue weighted by Crippen LogP contribution is 2.27. The highest BCUT2D eigenvalue weighted by molar-refractivity contribution is 6.29. The van der Waals surface area contributed by atoms with E-state index in [1.807, 2.05) is 0 Å². The van der Waals surface area contributed by atoms with Gasteiger partial charge < -0.3 is 5.11 Å². The molecule has 1 heterocycles. The molecule has 0 saturated carbocycles. The summed E-state index contributed by atoms with van der Waals surface area (Å²) in [5, 5.41) is 9.05. The van der Waals surface area contributed by atoms with Crippen LogP contribution in [-0.4, -0.2) is 22.9 Å². The predicted molar refractivity (Wildman–Crippen MR) is 59.8 cm³/mol. The van der Waals surface area contributed by atoms with Crippen LogP contribution >= 0.6 is 0 Å². The summed E-state index contributed by atoms with van der Waals surface area (Å²) in [6, 6.07) is 4.59. The quantitative estimate of drug-likeness (QED) is 0.774. The van der Waals surface area contributed by atoms with Gasteiger partial charge in [0.25, 0.3) is 11.8 Å². The minimum Gasteiger partial charge on any atom is -0.478 e. The van der Waals surface area contributed by atoms with Crippen LogP contribution in [0.4, 0.5) is 5.69 Å². The number of amides is 2. The minimum atomic E-state index is -1.17. The van der Waals surface area contributed by atoms with Crippen molar-refractivity contribution in [3.63, 3.8) is 0 Å². The van der Waals surface area contributed by atoms with Crippen LogP contribution in [0.2, 0.25) is 0 Å². The molecule has 5 nitrogen and oxygen atoms in total. The number of aromatic carboxylic acids is 1. The molecule has 1 aromatic rings. The van der Waals surface area contributed by atoms with Crippen molar-refractivity contribution >= 4 is 23.5 Å². The lowest BCUT2D eigenvalue weighted by Gasteiger charge is -2.18. The van der Waals surface area contributed by atoms with E-state index in [0.29, 0.717) is 5.56 Å². The van der Waals surface area contributed by atoms with Gasteiger partial charge in [0, 0.05) is 12.2 Å². The smallest absolute Gasteiger partial charge is 0.337 e. The lowest BCUT2D eigenvalue weighted by Crippen LogP contribution is -2.31. The average molecular weight is 231 g/mol. The number of carbonyl (C=O) groups excluding carboxylic acids is 2. The molecular formula is C12H9NO4. The molecule has 0 radical (unpaired) electrons. The van der Waals surface area contributed by atoms with E-state index in [4.69, 9.17) is 5.11 Å². The number of para-hydroxylation sites is 1. The van der Waals surface area contributed by atoms with E-state index < -0.39 is 17.8 Å². The molecule has 0 bridgehead atoms. The number of carboxylic acid groups (broad SMARTS) is 1. The summed E-state index contributed by atoms with van der Waals surface area (Å²) in [6.45, 7) is 1.65. The molecule has 2 amide bonds. The third-order valence-corrected chi connectivity index (χ3v) is 2.50. The lowest BCUT2D eigenvalue weighted by molar-refractivity contribution is -0.119. The molecule has 1 N–H and O–H groups in total. The topological polar surface area (TPSA) is 74.7 Å². The molecule has 1 aliphatic heterocycles. The van der Waals surface area contributed by atoms with E-state index in [-0.39, 0.29) is 11.3 Å². The molecule has 0 saturated heterocycles. The van der Waals surface area contributed by atoms with Crippen LogP contribution in [0.5, 0.6) is 0 Å². The second-order valence-corrected chi connectivity index (χ2v) is 3.62. The number of imide groups is 1. The maximum Gasteiger partial charge on any atom is 0.337 e. The Hall–Kier alpha value is -2.43. The Morgan fingerprint density at radius 2 is 1.76 bits per heavy atom. The van der Waals surface area contributed by atoms with Crippen molar-refractivity contribution in [1.29, 1.82) is 0 Å². The van der Waals surface area contributed by atoms with Crippen LogP contribution in [0, 0.1) is 6.92 Å². The number of hydrogen-bond donors (Lipinski definition) is 1. The summed E-state index contributed by atoms with van der Waals surface area (Å²) in [5.74, 6) is -2.21. The molecule has 1 aliphatic rings. The molecule has 0 aromatic heterocycles. The Balaban J connectivity index is 2.63. The first-order valence-electron chi connectivity index (χ1n) is 4.91. The van der Waals surface area contributed by atoms with Gasteiger partial charge in [-0.15, -0.1) is 0 Å². The SMILES string of the molecule is Cc1cccc(C(=O)O)c1N1C(=O)C=CC1=O. The third-order valence-electron chi connectivity index (χ3n) is 2.50. The lowest BCUT2D eigenvalue weighted by atomic mass is 10.1. The molecule has 0 unspecified atom stereocenters. The number of benzene rings is 1. The third kappa shape index (κ3) is 1.71. The Bertz CT molecular complexity index is 542. The van der Waals surface area contributed by atoms with Crippen LogP contribution < -0.4 is 4.90 Å². The molecule has 86 valence electrons. The van der Waals surface area contributed by atoms with Gasteiger partial charge in [0.1, 0.15) is 0 Å². The number of carboxylic acids is 1. The number of nitrogens with zero attached hydrogens (tertiary/aromatic N) is 1. The van der Waals surface area contributed by atoms with Crippen LogP contribution in [0.3, 0.4) is 0 Å². The fraction of sp³-hybridized carbons (Fsp3) is 0.0833. The molecule has 5 heteroatoms. The standard InChI is InChI=1S/C12H9NO4/c1-7-3-2-4-8(12(16)17)11(7)13-9(14)5-6-10(13)15/h2-6H,1H3,(H,16,17). The normalized spacial score (nSPS) is 14.5. The van der Waals surface area contributed by atoms with Crippen molar-refractivity contribution in [2.24, 2.45) is 0 Å². The van der Waals surface area contributed by atoms with Crippen LogP contribution in [0.15, 0.2) is 30.4 Å². The number of anilines is 1. The van der Waals surface area contributed by atoms with Gasteiger partial charge in [-0.1, -0.05) is 12.1 Å². The van der Waals surface area contributed by atoms with Crippen LogP contribution in [0.1, 0.15) is 15.9 Å². The highest BCUT2D eigenvalue weighted by Gasteiger charge is 2.29. The zero-order valence-electron chi connectivity index (χ0n) is 9.01. The monoisotopic (exact) mass is 231 g/mol. The summed E-state index contributed by atoms with van der Waals surface area (Å²) in [5.41, 5.74) is 0.644. The fourth-order valence-electron chi connectivity index (χ4n) is 1.75. The Morgan fingerprint density at radius 1 is 1.18 bits per heavy atom. The van der Waals surface area contributed by atoms with E-state index in [9.17, 15) is 14.4 Å². The van der Waals surface area contributed by atoms with Gasteiger partial charge in [-0.05, 0) is 18.6 Å². The summed E-state index contributed by atoms with van der Waals surface area (Å²) < 4.78 is 0. The molecule has 0 spiro atoms. The van der Waals surface area contributed by atoms with E-state index in [1.165, 1.54) is 6.07 Å². The fourth-order valence-corrected chi connectivity index (χ4v) is 1.75. The first-order chi connectivity index (χ1) is 8.02. The molecule has 1 aromatic carbocycles. The molecular weight excluding hydrogens is 222 g/mol. The number of rotatable bonds is 2. The molecule has 17 heavy (non-hydrogen) atoms.